The highest BCUT2D eigenvalue weighted by molar-refractivity contribution is 5.96. The van der Waals surface area contributed by atoms with Gasteiger partial charge < -0.3 is 14.8 Å². The van der Waals surface area contributed by atoms with Crippen LogP contribution in [0.4, 0.5) is 4.39 Å². The van der Waals surface area contributed by atoms with Crippen molar-refractivity contribution in [3.63, 3.8) is 0 Å². The molecule has 134 valence electrons. The fourth-order valence-corrected chi connectivity index (χ4v) is 2.36. The first-order valence-corrected chi connectivity index (χ1v) is 8.13. The van der Waals surface area contributed by atoms with Crippen molar-refractivity contribution in [2.24, 2.45) is 0 Å². The molecule has 0 aliphatic rings. The minimum atomic E-state index is -1.30. The monoisotopic (exact) mass is 347 g/mol. The van der Waals surface area contributed by atoms with Crippen LogP contribution in [0.25, 0.3) is 0 Å². The Morgan fingerprint density at radius 2 is 1.84 bits per heavy atom. The number of carbonyl (C=O) groups excluding carboxylic acids is 2. The van der Waals surface area contributed by atoms with Gasteiger partial charge in [0.2, 0.25) is 5.91 Å². The Bertz CT molecular complexity index is 734. The fourth-order valence-electron chi connectivity index (χ4n) is 2.36. The van der Waals surface area contributed by atoms with Crippen LogP contribution in [0.15, 0.2) is 40.8 Å². The van der Waals surface area contributed by atoms with Crippen LogP contribution >= 0.6 is 0 Å². The summed E-state index contributed by atoms with van der Waals surface area (Å²) in [5, 5.41) is 13.0. The molecule has 0 fully saturated rings. The molecule has 1 unspecified atom stereocenters. The third-order valence-electron chi connectivity index (χ3n) is 3.87. The van der Waals surface area contributed by atoms with Crippen LogP contribution in [-0.4, -0.2) is 23.3 Å². The number of nitrogens with one attached hydrogen (secondary N) is 1. The number of furan rings is 1. The van der Waals surface area contributed by atoms with Crippen molar-refractivity contribution in [2.45, 2.75) is 38.7 Å². The van der Waals surface area contributed by atoms with E-state index < -0.39 is 11.4 Å². The van der Waals surface area contributed by atoms with Crippen LogP contribution in [0.2, 0.25) is 0 Å². The Labute approximate surface area is 145 Å². The van der Waals surface area contributed by atoms with Crippen LogP contribution in [0.1, 0.15) is 48.1 Å². The van der Waals surface area contributed by atoms with Crippen molar-refractivity contribution < 1.29 is 23.5 Å². The summed E-state index contributed by atoms with van der Waals surface area (Å²) in [4.78, 5) is 23.8. The molecule has 6 heteroatoms. The summed E-state index contributed by atoms with van der Waals surface area (Å²) in [5.74, 6) is 0.286. The number of hydrogen-bond acceptors (Lipinski definition) is 4. The second-order valence-electron chi connectivity index (χ2n) is 6.24. The van der Waals surface area contributed by atoms with Gasteiger partial charge in [0.05, 0.1) is 6.54 Å². The first kappa shape index (κ1) is 18.9. The number of rotatable bonds is 8. The van der Waals surface area contributed by atoms with E-state index in [2.05, 4.69) is 5.32 Å². The lowest BCUT2D eigenvalue weighted by Gasteiger charge is -2.21. The SMILES string of the molecule is Cc1ccc(C(C)(O)CNC(=O)CCCC(=O)c2ccc(F)cc2)o1. The number of aryl methyl sites for hydroxylation is 1. The van der Waals surface area contributed by atoms with Gasteiger partial charge in [0.15, 0.2) is 5.78 Å². The zero-order valence-corrected chi connectivity index (χ0v) is 14.3. The standard InChI is InChI=1S/C19H22FNO4/c1-13-6-11-17(25-13)19(2,24)12-21-18(23)5-3-4-16(22)14-7-9-15(20)10-8-14/h6-11,24H,3-5,12H2,1-2H3,(H,21,23). The molecule has 1 heterocycles. The normalized spacial score (nSPS) is 13.3. The maximum absolute atomic E-state index is 12.8. The molecule has 1 amide bonds. The second-order valence-corrected chi connectivity index (χ2v) is 6.24. The van der Waals surface area contributed by atoms with Crippen molar-refractivity contribution in [3.05, 3.63) is 59.3 Å². The molecular formula is C19H22FNO4. The highest BCUT2D eigenvalue weighted by atomic mass is 19.1. The van der Waals surface area contributed by atoms with Crippen molar-refractivity contribution >= 4 is 11.7 Å². The van der Waals surface area contributed by atoms with Gasteiger partial charge in [-0.05, 0) is 56.7 Å². The molecule has 1 aromatic heterocycles. The van der Waals surface area contributed by atoms with Gasteiger partial charge in [-0.15, -0.1) is 0 Å². The van der Waals surface area contributed by atoms with Crippen molar-refractivity contribution in [2.75, 3.05) is 6.54 Å². The van der Waals surface area contributed by atoms with Crippen LogP contribution in [0, 0.1) is 12.7 Å². The molecule has 0 bridgehead atoms. The summed E-state index contributed by atoms with van der Waals surface area (Å²) in [7, 11) is 0. The maximum Gasteiger partial charge on any atom is 0.220 e. The lowest BCUT2D eigenvalue weighted by atomic mass is 10.0. The first-order chi connectivity index (χ1) is 11.8. The predicted molar refractivity (Wildman–Crippen MR) is 90.6 cm³/mol. The number of hydrogen-bond donors (Lipinski definition) is 2. The molecule has 0 spiro atoms. The highest BCUT2D eigenvalue weighted by Crippen LogP contribution is 2.22. The number of halogens is 1. The van der Waals surface area contributed by atoms with Crippen molar-refractivity contribution in [1.29, 1.82) is 0 Å². The Kier molecular flexibility index (Phi) is 6.09. The van der Waals surface area contributed by atoms with Gasteiger partial charge >= 0.3 is 0 Å². The van der Waals surface area contributed by atoms with Crippen LogP contribution in [-0.2, 0) is 10.4 Å². The minimum absolute atomic E-state index is 0.0185. The molecule has 0 saturated heterocycles. The number of ketones is 1. The average molecular weight is 347 g/mol. The Balaban J connectivity index is 1.73. The Hall–Kier alpha value is -2.47. The molecule has 0 aliphatic heterocycles. The van der Waals surface area contributed by atoms with Gasteiger partial charge in [0, 0.05) is 18.4 Å². The summed E-state index contributed by atoms with van der Waals surface area (Å²) in [5.41, 5.74) is -0.869. The van der Waals surface area contributed by atoms with Gasteiger partial charge in [-0.2, -0.15) is 0 Å². The molecule has 2 aromatic rings. The summed E-state index contributed by atoms with van der Waals surface area (Å²) < 4.78 is 18.2. The highest BCUT2D eigenvalue weighted by Gasteiger charge is 2.27. The molecule has 0 radical (unpaired) electrons. The predicted octanol–water partition coefficient (Wildman–Crippen LogP) is 3.10. The maximum atomic E-state index is 12.8. The van der Waals surface area contributed by atoms with E-state index in [4.69, 9.17) is 4.42 Å². The van der Waals surface area contributed by atoms with Crippen LogP contribution < -0.4 is 5.32 Å². The molecule has 1 atom stereocenters. The van der Waals surface area contributed by atoms with E-state index in [1.54, 1.807) is 26.0 Å². The second kappa shape index (κ2) is 8.07. The van der Waals surface area contributed by atoms with Gasteiger partial charge in [0.25, 0.3) is 0 Å². The summed E-state index contributed by atoms with van der Waals surface area (Å²) in [6.45, 7) is 3.35. The van der Waals surface area contributed by atoms with E-state index in [0.717, 1.165) is 0 Å². The van der Waals surface area contributed by atoms with Crippen LogP contribution in [0.3, 0.4) is 0 Å². The Morgan fingerprint density at radius 1 is 1.16 bits per heavy atom. The van der Waals surface area contributed by atoms with Crippen molar-refractivity contribution in [3.8, 4) is 0 Å². The summed E-state index contributed by atoms with van der Waals surface area (Å²) in [6.07, 6.45) is 0.747. The molecule has 0 saturated carbocycles. The van der Waals surface area contributed by atoms with Gasteiger partial charge in [-0.3, -0.25) is 9.59 Å². The third kappa shape index (κ3) is 5.53. The molecule has 1 aromatic carbocycles. The molecule has 25 heavy (non-hydrogen) atoms. The van der Waals surface area contributed by atoms with E-state index in [1.807, 2.05) is 0 Å². The number of benzene rings is 1. The van der Waals surface area contributed by atoms with E-state index in [-0.39, 0.29) is 31.1 Å². The van der Waals surface area contributed by atoms with Crippen LogP contribution in [0.5, 0.6) is 0 Å². The van der Waals surface area contributed by atoms with E-state index in [0.29, 0.717) is 23.5 Å². The largest absolute Gasteiger partial charge is 0.463 e. The van der Waals surface area contributed by atoms with E-state index >= 15 is 0 Å². The number of Topliss-reactive ketones (excluding diaryl/α,β-unsaturated/α-hetero) is 1. The lowest BCUT2D eigenvalue weighted by Crippen LogP contribution is -2.38. The smallest absolute Gasteiger partial charge is 0.220 e. The first-order valence-electron chi connectivity index (χ1n) is 8.13. The topological polar surface area (TPSA) is 79.5 Å². The quantitative estimate of drug-likeness (QED) is 0.719. The average Bonchev–Trinajstić information content (AvgIpc) is 3.01. The number of aliphatic hydroxyl groups is 1. The van der Waals surface area contributed by atoms with E-state index in [9.17, 15) is 19.1 Å². The molecular weight excluding hydrogens is 325 g/mol. The minimum Gasteiger partial charge on any atom is -0.463 e. The lowest BCUT2D eigenvalue weighted by molar-refractivity contribution is -0.122. The molecule has 2 N–H and O–H groups in total. The fraction of sp³-hybridized carbons (Fsp3) is 0.368. The van der Waals surface area contributed by atoms with Gasteiger partial charge in [-0.25, -0.2) is 4.39 Å². The van der Waals surface area contributed by atoms with E-state index in [1.165, 1.54) is 24.3 Å². The van der Waals surface area contributed by atoms with Gasteiger partial charge in [-0.1, -0.05) is 0 Å². The molecule has 2 rings (SSSR count). The zero-order chi connectivity index (χ0) is 18.4. The number of amides is 1. The summed E-state index contributed by atoms with van der Waals surface area (Å²) in [6, 6.07) is 8.74. The number of carbonyl (C=O) groups is 2. The molecule has 5 nitrogen and oxygen atoms in total. The van der Waals surface area contributed by atoms with Gasteiger partial charge in [0.1, 0.15) is 22.9 Å². The summed E-state index contributed by atoms with van der Waals surface area (Å²) >= 11 is 0. The third-order valence-corrected chi connectivity index (χ3v) is 3.87. The zero-order valence-electron chi connectivity index (χ0n) is 14.3. The molecule has 0 aliphatic carbocycles. The Morgan fingerprint density at radius 3 is 2.44 bits per heavy atom. The van der Waals surface area contributed by atoms with Crippen molar-refractivity contribution in [1.82, 2.24) is 5.32 Å².